The third-order valence-corrected chi connectivity index (χ3v) is 6.87. The van der Waals surface area contributed by atoms with Crippen molar-refractivity contribution in [2.24, 2.45) is 0 Å². The van der Waals surface area contributed by atoms with E-state index in [2.05, 4.69) is 29.5 Å². The number of nitrogens with zero attached hydrogens (tertiary/aromatic N) is 3. The minimum atomic E-state index is -0.455. The van der Waals surface area contributed by atoms with E-state index in [1.807, 2.05) is 55.5 Å². The second-order valence-corrected chi connectivity index (χ2v) is 9.56. The fraction of sp³-hybridized carbons (Fsp3) is 0.370. The summed E-state index contributed by atoms with van der Waals surface area (Å²) in [6, 6.07) is 14.8. The summed E-state index contributed by atoms with van der Waals surface area (Å²) in [5, 5.41) is 11.8. The molecular weight excluding hydrogens is 474 g/mol. The average Bonchev–Trinajstić information content (AvgIpc) is 3.29. The van der Waals surface area contributed by atoms with Crippen LogP contribution in [0.4, 0.5) is 11.6 Å². The average molecular weight is 508 g/mol. The number of unbranched alkanes of at least 4 members (excludes halogenated alkanes) is 1. The van der Waals surface area contributed by atoms with Gasteiger partial charge in [0.05, 0.1) is 25.0 Å². The number of ether oxygens (including phenoxy) is 2. The topological polar surface area (TPSA) is 90.3 Å². The van der Waals surface area contributed by atoms with Crippen LogP contribution < -0.4 is 20.1 Å². The van der Waals surface area contributed by atoms with Gasteiger partial charge in [-0.05, 0) is 49.6 Å². The van der Waals surface area contributed by atoms with Crippen LogP contribution in [-0.4, -0.2) is 40.1 Å². The Morgan fingerprint density at radius 1 is 1.14 bits per heavy atom. The van der Waals surface area contributed by atoms with Crippen molar-refractivity contribution in [2.45, 2.75) is 51.2 Å². The highest BCUT2D eigenvalue weighted by Gasteiger charge is 2.34. The Labute approximate surface area is 216 Å². The molecule has 1 amide bonds. The minimum absolute atomic E-state index is 0.235. The SMILES string of the molecule is CCCCOc1ccc(C2C(C(=O)Nc3ccccc3OC)=C(C)Nc3nc(SCCC)nn32)cc1. The highest BCUT2D eigenvalue weighted by Crippen LogP contribution is 2.37. The molecule has 1 aliphatic heterocycles. The van der Waals surface area contributed by atoms with E-state index in [-0.39, 0.29) is 5.91 Å². The monoisotopic (exact) mass is 507 g/mol. The Morgan fingerprint density at radius 3 is 2.64 bits per heavy atom. The van der Waals surface area contributed by atoms with Crippen molar-refractivity contribution < 1.29 is 14.3 Å². The number of hydrogen-bond acceptors (Lipinski definition) is 7. The van der Waals surface area contributed by atoms with Gasteiger partial charge < -0.3 is 20.1 Å². The van der Waals surface area contributed by atoms with E-state index in [0.717, 1.165) is 42.0 Å². The summed E-state index contributed by atoms with van der Waals surface area (Å²) in [6.07, 6.45) is 3.11. The molecule has 3 aromatic rings. The minimum Gasteiger partial charge on any atom is -0.495 e. The van der Waals surface area contributed by atoms with Crippen LogP contribution in [0.5, 0.6) is 11.5 Å². The second-order valence-electron chi connectivity index (χ2n) is 8.50. The zero-order valence-corrected chi connectivity index (χ0v) is 22.0. The van der Waals surface area contributed by atoms with Crippen LogP contribution in [0.2, 0.25) is 0 Å². The standard InChI is InChI=1S/C27H33N5O3S/c1-5-7-16-35-20-14-12-19(13-15-20)24-23(25(33)29-21-10-8-9-11-22(21)34-4)18(3)28-26-30-27(31-32(24)26)36-17-6-2/h8-15,24H,5-7,16-17H2,1-4H3,(H,29,33)(H,28,30,31). The number of para-hydroxylation sites is 2. The summed E-state index contributed by atoms with van der Waals surface area (Å²) < 4.78 is 13.1. The molecule has 2 N–H and O–H groups in total. The van der Waals surface area contributed by atoms with Gasteiger partial charge in [0.25, 0.3) is 5.91 Å². The summed E-state index contributed by atoms with van der Waals surface area (Å²) in [5.41, 5.74) is 2.81. The molecule has 2 heterocycles. The number of allylic oxidation sites excluding steroid dienone is 1. The van der Waals surface area contributed by atoms with E-state index < -0.39 is 6.04 Å². The summed E-state index contributed by atoms with van der Waals surface area (Å²) in [5.74, 6) is 2.71. The Kier molecular flexibility index (Phi) is 8.53. The number of fused-ring (bicyclic) bond motifs is 1. The fourth-order valence-corrected chi connectivity index (χ4v) is 4.69. The Balaban J connectivity index is 1.70. The lowest BCUT2D eigenvalue weighted by Gasteiger charge is -2.29. The molecule has 2 aromatic carbocycles. The molecule has 0 fully saturated rings. The lowest BCUT2D eigenvalue weighted by Crippen LogP contribution is -2.31. The largest absolute Gasteiger partial charge is 0.495 e. The molecule has 0 saturated carbocycles. The number of carbonyl (C=O) groups excluding carboxylic acids is 1. The van der Waals surface area contributed by atoms with Gasteiger partial charge in [-0.1, -0.05) is 56.3 Å². The number of nitrogens with one attached hydrogen (secondary N) is 2. The molecule has 0 bridgehead atoms. The van der Waals surface area contributed by atoms with Gasteiger partial charge in [0.15, 0.2) is 0 Å². The van der Waals surface area contributed by atoms with Crippen LogP contribution in [0.25, 0.3) is 0 Å². The molecule has 1 aliphatic rings. The van der Waals surface area contributed by atoms with Gasteiger partial charge in [0, 0.05) is 11.4 Å². The van der Waals surface area contributed by atoms with Crippen molar-refractivity contribution in [3.8, 4) is 11.5 Å². The zero-order valence-electron chi connectivity index (χ0n) is 21.2. The van der Waals surface area contributed by atoms with Crippen LogP contribution in [0.15, 0.2) is 65.0 Å². The molecule has 1 aromatic heterocycles. The predicted octanol–water partition coefficient (Wildman–Crippen LogP) is 5.90. The Hall–Kier alpha value is -3.46. The first-order valence-electron chi connectivity index (χ1n) is 12.3. The Morgan fingerprint density at radius 2 is 1.92 bits per heavy atom. The van der Waals surface area contributed by atoms with Crippen molar-refractivity contribution in [1.82, 2.24) is 14.8 Å². The molecule has 190 valence electrons. The smallest absolute Gasteiger partial charge is 0.255 e. The summed E-state index contributed by atoms with van der Waals surface area (Å²) >= 11 is 1.60. The lowest BCUT2D eigenvalue weighted by molar-refractivity contribution is -0.113. The number of anilines is 2. The normalized spacial score (nSPS) is 14.7. The van der Waals surface area contributed by atoms with Crippen LogP contribution in [0.1, 0.15) is 51.6 Å². The van der Waals surface area contributed by atoms with Crippen LogP contribution >= 0.6 is 11.8 Å². The lowest BCUT2D eigenvalue weighted by atomic mass is 9.95. The first kappa shape index (κ1) is 25.6. The van der Waals surface area contributed by atoms with Crippen molar-refractivity contribution in [3.63, 3.8) is 0 Å². The van der Waals surface area contributed by atoms with E-state index in [4.69, 9.17) is 14.6 Å². The van der Waals surface area contributed by atoms with Gasteiger partial charge in [-0.15, -0.1) is 5.10 Å². The molecule has 0 aliphatic carbocycles. The Bertz CT molecular complexity index is 1220. The number of carbonyl (C=O) groups is 1. The quantitative estimate of drug-likeness (QED) is 0.247. The predicted molar refractivity (Wildman–Crippen MR) is 144 cm³/mol. The van der Waals surface area contributed by atoms with Gasteiger partial charge in [-0.25, -0.2) is 4.68 Å². The van der Waals surface area contributed by atoms with Crippen LogP contribution in [0, 0.1) is 0 Å². The van der Waals surface area contributed by atoms with Crippen molar-refractivity contribution >= 4 is 29.3 Å². The number of methoxy groups -OCH3 is 1. The molecule has 1 unspecified atom stereocenters. The maximum atomic E-state index is 13.7. The molecule has 9 heteroatoms. The molecule has 8 nitrogen and oxygen atoms in total. The van der Waals surface area contributed by atoms with E-state index in [0.29, 0.717) is 34.7 Å². The van der Waals surface area contributed by atoms with E-state index in [1.54, 1.807) is 23.6 Å². The van der Waals surface area contributed by atoms with Crippen molar-refractivity contribution in [3.05, 3.63) is 65.4 Å². The third-order valence-electron chi connectivity index (χ3n) is 5.83. The molecule has 0 radical (unpaired) electrons. The fourth-order valence-electron chi connectivity index (χ4n) is 4.01. The summed E-state index contributed by atoms with van der Waals surface area (Å²) in [4.78, 5) is 18.4. The van der Waals surface area contributed by atoms with Gasteiger partial charge in [0.2, 0.25) is 11.1 Å². The maximum absolute atomic E-state index is 13.7. The van der Waals surface area contributed by atoms with Gasteiger partial charge >= 0.3 is 0 Å². The van der Waals surface area contributed by atoms with Gasteiger partial charge in [0.1, 0.15) is 17.5 Å². The van der Waals surface area contributed by atoms with Crippen LogP contribution in [0.3, 0.4) is 0 Å². The molecule has 1 atom stereocenters. The number of hydrogen-bond donors (Lipinski definition) is 2. The number of thioether (sulfide) groups is 1. The number of benzene rings is 2. The highest BCUT2D eigenvalue weighted by atomic mass is 32.2. The molecule has 0 saturated heterocycles. The maximum Gasteiger partial charge on any atom is 0.255 e. The third kappa shape index (κ3) is 5.67. The van der Waals surface area contributed by atoms with Gasteiger partial charge in [-0.3, -0.25) is 4.79 Å². The number of rotatable bonds is 11. The molecule has 0 spiro atoms. The first-order valence-corrected chi connectivity index (χ1v) is 13.3. The summed E-state index contributed by atoms with van der Waals surface area (Å²) in [6.45, 7) is 6.84. The van der Waals surface area contributed by atoms with E-state index in [1.165, 1.54) is 0 Å². The van der Waals surface area contributed by atoms with E-state index in [9.17, 15) is 4.79 Å². The number of amides is 1. The number of aromatic nitrogens is 3. The highest BCUT2D eigenvalue weighted by molar-refractivity contribution is 7.99. The zero-order chi connectivity index (χ0) is 25.5. The second kappa shape index (κ2) is 12.0. The molecule has 4 rings (SSSR count). The first-order chi connectivity index (χ1) is 17.5. The van der Waals surface area contributed by atoms with Crippen LogP contribution in [-0.2, 0) is 4.79 Å². The van der Waals surface area contributed by atoms with E-state index >= 15 is 0 Å². The van der Waals surface area contributed by atoms with Crippen molar-refractivity contribution in [1.29, 1.82) is 0 Å². The van der Waals surface area contributed by atoms with Gasteiger partial charge in [-0.2, -0.15) is 4.98 Å². The van der Waals surface area contributed by atoms with Crippen molar-refractivity contribution in [2.75, 3.05) is 30.1 Å². The summed E-state index contributed by atoms with van der Waals surface area (Å²) in [7, 11) is 1.59. The molecule has 36 heavy (non-hydrogen) atoms. The molecular formula is C27H33N5O3S.